The Hall–Kier alpha value is 0.0300. The summed E-state index contributed by atoms with van der Waals surface area (Å²) in [4.78, 5) is 16.4. The molecule has 0 aromatic heterocycles. The van der Waals surface area contributed by atoms with Crippen molar-refractivity contribution >= 4 is 7.82 Å². The molecule has 0 saturated carbocycles. The van der Waals surface area contributed by atoms with E-state index in [0.717, 1.165) is 0 Å². The van der Waals surface area contributed by atoms with Crippen LogP contribution in [0, 0.1) is 0 Å². The number of aliphatic hydroxyl groups is 1. The first-order valence-electron chi connectivity index (χ1n) is 3.45. The number of phosphoric ester groups is 1. The zero-order valence-electron chi connectivity index (χ0n) is 6.71. The monoisotopic (exact) mass is 200 g/mol. The number of hydrogen-bond acceptors (Lipinski definition) is 4. The Morgan fingerprint density at radius 3 is 2.50 bits per heavy atom. The summed E-state index contributed by atoms with van der Waals surface area (Å²) < 4.78 is 18.8. The first-order chi connectivity index (χ1) is 5.45. The van der Waals surface area contributed by atoms with Gasteiger partial charge in [-0.05, 0) is 6.42 Å². The van der Waals surface area contributed by atoms with Crippen molar-refractivity contribution in [1.29, 1.82) is 0 Å². The Morgan fingerprint density at radius 1 is 1.50 bits per heavy atom. The van der Waals surface area contributed by atoms with Crippen molar-refractivity contribution in [2.75, 3.05) is 13.2 Å². The molecule has 0 rings (SSSR count). The molecule has 0 aliphatic carbocycles. The number of hydrogen-bond donors (Lipinski definition) is 3. The summed E-state index contributed by atoms with van der Waals surface area (Å²) in [5, 5.41) is 8.85. The Kier molecular flexibility index (Phi) is 5.65. The van der Waals surface area contributed by atoms with Crippen molar-refractivity contribution < 1.29 is 28.7 Å². The summed E-state index contributed by atoms with van der Waals surface area (Å²) in [5.74, 6) is 0. The molecule has 0 heterocycles. The summed E-state index contributed by atoms with van der Waals surface area (Å²) >= 11 is 0. The van der Waals surface area contributed by atoms with Crippen molar-refractivity contribution in [3.63, 3.8) is 0 Å². The third kappa shape index (κ3) is 8.13. The van der Waals surface area contributed by atoms with Gasteiger partial charge in [0.05, 0.1) is 0 Å². The minimum Gasteiger partial charge on any atom is -0.366 e. The van der Waals surface area contributed by atoms with Gasteiger partial charge in [-0.15, -0.1) is 0 Å². The lowest BCUT2D eigenvalue weighted by Crippen LogP contribution is -2.18. The van der Waals surface area contributed by atoms with Crippen LogP contribution in [0.4, 0.5) is 0 Å². The normalized spacial score (nSPS) is 14.7. The predicted octanol–water partition coefficient (Wildman–Crippen LogP) is -0.159. The molecule has 0 amide bonds. The Labute approximate surface area is 70.4 Å². The van der Waals surface area contributed by atoms with Gasteiger partial charge in [0.25, 0.3) is 0 Å². The standard InChI is InChI=1S/C5H13O6P/c1-2-3-10-5(6)4-11-12(7,8)9/h5-6H,2-4H2,1H3,(H2,7,8,9). The van der Waals surface area contributed by atoms with E-state index in [2.05, 4.69) is 9.26 Å². The number of aliphatic hydroxyl groups excluding tert-OH is 1. The van der Waals surface area contributed by atoms with E-state index in [1.807, 2.05) is 6.92 Å². The zero-order valence-corrected chi connectivity index (χ0v) is 7.61. The van der Waals surface area contributed by atoms with Crippen LogP contribution >= 0.6 is 7.82 Å². The highest BCUT2D eigenvalue weighted by atomic mass is 31.2. The summed E-state index contributed by atoms with van der Waals surface area (Å²) in [5.41, 5.74) is 0. The molecular weight excluding hydrogens is 187 g/mol. The van der Waals surface area contributed by atoms with Crippen LogP contribution in [0.15, 0.2) is 0 Å². The smallest absolute Gasteiger partial charge is 0.366 e. The second kappa shape index (κ2) is 5.64. The van der Waals surface area contributed by atoms with Gasteiger partial charge < -0.3 is 19.6 Å². The molecule has 0 bridgehead atoms. The second-order valence-corrected chi connectivity index (χ2v) is 3.35. The van der Waals surface area contributed by atoms with Crippen LogP contribution in [0.3, 0.4) is 0 Å². The molecule has 1 atom stereocenters. The molecular formula is C5H13O6P. The Bertz CT molecular complexity index is 154. The molecule has 0 aromatic carbocycles. The van der Waals surface area contributed by atoms with Crippen LogP contribution < -0.4 is 0 Å². The third-order valence-electron chi connectivity index (χ3n) is 0.900. The Balaban J connectivity index is 3.44. The van der Waals surface area contributed by atoms with Crippen molar-refractivity contribution in [3.8, 4) is 0 Å². The molecule has 7 heteroatoms. The average molecular weight is 200 g/mol. The number of ether oxygens (including phenoxy) is 1. The summed E-state index contributed by atoms with van der Waals surface area (Å²) in [7, 11) is -4.49. The van der Waals surface area contributed by atoms with Crippen LogP contribution in [0.2, 0.25) is 0 Å². The van der Waals surface area contributed by atoms with E-state index in [1.165, 1.54) is 0 Å². The molecule has 0 aliphatic heterocycles. The lowest BCUT2D eigenvalue weighted by molar-refractivity contribution is -0.122. The molecule has 0 aliphatic rings. The minimum atomic E-state index is -4.49. The number of phosphoric acid groups is 1. The van der Waals surface area contributed by atoms with Crippen LogP contribution in [0.25, 0.3) is 0 Å². The molecule has 0 aromatic rings. The number of rotatable bonds is 6. The van der Waals surface area contributed by atoms with Gasteiger partial charge in [-0.1, -0.05) is 6.92 Å². The highest BCUT2D eigenvalue weighted by Gasteiger charge is 2.16. The fourth-order valence-corrected chi connectivity index (χ4v) is 0.785. The van der Waals surface area contributed by atoms with Gasteiger partial charge in [0.15, 0.2) is 6.29 Å². The van der Waals surface area contributed by atoms with E-state index < -0.39 is 20.7 Å². The van der Waals surface area contributed by atoms with Gasteiger partial charge in [-0.2, -0.15) is 0 Å². The molecule has 0 spiro atoms. The first kappa shape index (κ1) is 12.0. The molecule has 0 radical (unpaired) electrons. The van der Waals surface area contributed by atoms with Crippen LogP contribution in [-0.2, 0) is 13.8 Å². The van der Waals surface area contributed by atoms with Crippen LogP contribution in [0.1, 0.15) is 13.3 Å². The fourth-order valence-electron chi connectivity index (χ4n) is 0.463. The largest absolute Gasteiger partial charge is 0.469 e. The highest BCUT2D eigenvalue weighted by Crippen LogP contribution is 2.35. The zero-order chi connectivity index (χ0) is 9.61. The van der Waals surface area contributed by atoms with Gasteiger partial charge in [-0.3, -0.25) is 4.52 Å². The molecule has 74 valence electrons. The van der Waals surface area contributed by atoms with Crippen LogP contribution in [0.5, 0.6) is 0 Å². The maximum atomic E-state index is 10.1. The van der Waals surface area contributed by atoms with Gasteiger partial charge in [0, 0.05) is 6.61 Å². The maximum absolute atomic E-state index is 10.1. The van der Waals surface area contributed by atoms with E-state index in [1.54, 1.807) is 0 Å². The van der Waals surface area contributed by atoms with Gasteiger partial charge in [-0.25, -0.2) is 4.57 Å². The molecule has 6 nitrogen and oxygen atoms in total. The molecule has 12 heavy (non-hydrogen) atoms. The van der Waals surface area contributed by atoms with E-state index in [0.29, 0.717) is 13.0 Å². The van der Waals surface area contributed by atoms with E-state index >= 15 is 0 Å². The van der Waals surface area contributed by atoms with Gasteiger partial charge in [0.1, 0.15) is 6.61 Å². The summed E-state index contributed by atoms with van der Waals surface area (Å²) in [6.45, 7) is 1.65. The third-order valence-corrected chi connectivity index (χ3v) is 1.39. The topological polar surface area (TPSA) is 96.2 Å². The SMILES string of the molecule is CCCOC(O)COP(=O)(O)O. The lowest BCUT2D eigenvalue weighted by Gasteiger charge is -2.11. The second-order valence-electron chi connectivity index (χ2n) is 2.11. The minimum absolute atomic E-state index is 0.325. The maximum Gasteiger partial charge on any atom is 0.469 e. The molecule has 0 fully saturated rings. The van der Waals surface area contributed by atoms with Crippen LogP contribution in [-0.4, -0.2) is 34.4 Å². The predicted molar refractivity (Wildman–Crippen MR) is 40.2 cm³/mol. The van der Waals surface area contributed by atoms with Crippen molar-refractivity contribution in [2.45, 2.75) is 19.6 Å². The fraction of sp³-hybridized carbons (Fsp3) is 1.00. The van der Waals surface area contributed by atoms with Crippen molar-refractivity contribution in [1.82, 2.24) is 0 Å². The highest BCUT2D eigenvalue weighted by molar-refractivity contribution is 7.46. The Morgan fingerprint density at radius 2 is 2.08 bits per heavy atom. The summed E-state index contributed by atoms with van der Waals surface area (Å²) in [6.07, 6.45) is -0.565. The summed E-state index contributed by atoms with van der Waals surface area (Å²) in [6, 6.07) is 0. The van der Waals surface area contributed by atoms with Gasteiger partial charge >= 0.3 is 7.82 Å². The van der Waals surface area contributed by atoms with E-state index in [4.69, 9.17) is 14.9 Å². The first-order valence-corrected chi connectivity index (χ1v) is 4.98. The molecule has 1 unspecified atom stereocenters. The average Bonchev–Trinajstić information content (AvgIpc) is 1.95. The van der Waals surface area contributed by atoms with Crippen molar-refractivity contribution in [2.24, 2.45) is 0 Å². The van der Waals surface area contributed by atoms with Crippen molar-refractivity contribution in [3.05, 3.63) is 0 Å². The molecule has 0 saturated heterocycles. The van der Waals surface area contributed by atoms with E-state index in [9.17, 15) is 4.57 Å². The molecule has 3 N–H and O–H groups in total. The van der Waals surface area contributed by atoms with E-state index in [-0.39, 0.29) is 0 Å². The quantitative estimate of drug-likeness (QED) is 0.407. The van der Waals surface area contributed by atoms with Gasteiger partial charge in [0.2, 0.25) is 0 Å². The lowest BCUT2D eigenvalue weighted by atomic mass is 10.5.